The first-order chi connectivity index (χ1) is 20.6. The number of amides is 2. The Bertz CT molecular complexity index is 1720. The number of benzene rings is 2. The van der Waals surface area contributed by atoms with Crippen LogP contribution in [0.1, 0.15) is 51.3 Å². The van der Waals surface area contributed by atoms with E-state index in [9.17, 15) is 22.8 Å². The fraction of sp³-hybridized carbons (Fsp3) is 0.258. The van der Waals surface area contributed by atoms with E-state index in [2.05, 4.69) is 20.6 Å². The Hall–Kier alpha value is -5.00. The van der Waals surface area contributed by atoms with Crippen molar-refractivity contribution in [3.05, 3.63) is 101 Å². The molecule has 0 unspecified atom stereocenters. The molecule has 1 saturated carbocycles. The highest BCUT2D eigenvalue weighted by Gasteiger charge is 2.58. The lowest BCUT2D eigenvalue weighted by Gasteiger charge is -2.34. The van der Waals surface area contributed by atoms with Crippen LogP contribution in [0.4, 0.5) is 30.5 Å². The molecule has 0 bridgehead atoms. The number of hydrogen-bond acceptors (Lipinski definition) is 7. The maximum absolute atomic E-state index is 13.9. The van der Waals surface area contributed by atoms with Crippen LogP contribution >= 0.6 is 0 Å². The SMILES string of the molecule is COc1ccc(CNc2ncc3c(n2)C2(CC2)C(=O)N(c2cc(NC(=O)c4cccc(C(F)(F)F)c4)cnc2C)C3)cc1. The molecule has 9 nitrogen and oxygen atoms in total. The molecule has 0 atom stereocenters. The molecule has 220 valence electrons. The summed E-state index contributed by atoms with van der Waals surface area (Å²) in [6, 6.07) is 13.4. The van der Waals surface area contributed by atoms with E-state index in [1.165, 1.54) is 18.3 Å². The van der Waals surface area contributed by atoms with Gasteiger partial charge in [-0.1, -0.05) is 18.2 Å². The van der Waals surface area contributed by atoms with Crippen LogP contribution in [0.2, 0.25) is 0 Å². The Balaban J connectivity index is 1.22. The second kappa shape index (κ2) is 10.7. The van der Waals surface area contributed by atoms with Crippen LogP contribution < -0.4 is 20.3 Å². The molecular weight excluding hydrogens is 561 g/mol. The summed E-state index contributed by atoms with van der Waals surface area (Å²) < 4.78 is 44.6. The number of halogens is 3. The topological polar surface area (TPSA) is 109 Å². The smallest absolute Gasteiger partial charge is 0.416 e. The van der Waals surface area contributed by atoms with Gasteiger partial charge < -0.3 is 20.3 Å². The number of hydrogen-bond donors (Lipinski definition) is 2. The van der Waals surface area contributed by atoms with Crippen LogP contribution in [-0.4, -0.2) is 33.9 Å². The van der Waals surface area contributed by atoms with Gasteiger partial charge in [0.15, 0.2) is 0 Å². The van der Waals surface area contributed by atoms with Gasteiger partial charge in [0.2, 0.25) is 11.9 Å². The minimum Gasteiger partial charge on any atom is -0.497 e. The molecule has 2 aliphatic rings. The second-order valence-electron chi connectivity index (χ2n) is 10.6. The molecule has 1 aliphatic heterocycles. The van der Waals surface area contributed by atoms with Crippen LogP contribution in [0, 0.1) is 6.92 Å². The summed E-state index contributed by atoms with van der Waals surface area (Å²) in [5.74, 6) is 0.353. The van der Waals surface area contributed by atoms with Crippen LogP contribution in [0.3, 0.4) is 0 Å². The third-order valence-electron chi connectivity index (χ3n) is 7.72. The van der Waals surface area contributed by atoms with Crippen molar-refractivity contribution in [2.24, 2.45) is 0 Å². The van der Waals surface area contributed by atoms with Crippen molar-refractivity contribution in [3.8, 4) is 5.75 Å². The zero-order valence-corrected chi connectivity index (χ0v) is 23.3. The number of nitrogens with one attached hydrogen (secondary N) is 2. The van der Waals surface area contributed by atoms with Gasteiger partial charge >= 0.3 is 6.18 Å². The quantitative estimate of drug-likeness (QED) is 0.287. The van der Waals surface area contributed by atoms with Gasteiger partial charge in [0.25, 0.3) is 5.91 Å². The predicted molar refractivity (Wildman–Crippen MR) is 153 cm³/mol. The zero-order valence-electron chi connectivity index (χ0n) is 23.3. The first-order valence-electron chi connectivity index (χ1n) is 13.6. The van der Waals surface area contributed by atoms with Gasteiger partial charge in [-0.15, -0.1) is 0 Å². The average Bonchev–Trinajstić information content (AvgIpc) is 3.81. The lowest BCUT2D eigenvalue weighted by molar-refractivity contribution is -0.137. The van der Waals surface area contributed by atoms with E-state index < -0.39 is 23.1 Å². The van der Waals surface area contributed by atoms with Gasteiger partial charge in [-0.25, -0.2) is 9.97 Å². The first-order valence-corrected chi connectivity index (χ1v) is 13.6. The first kappa shape index (κ1) is 28.1. The summed E-state index contributed by atoms with van der Waals surface area (Å²) in [7, 11) is 1.61. The molecule has 1 spiro atoms. The number of fused-ring (bicyclic) bond motifs is 2. The maximum Gasteiger partial charge on any atom is 0.416 e. The molecule has 0 saturated heterocycles. The number of nitrogens with zero attached hydrogens (tertiary/aromatic N) is 4. The molecule has 2 aromatic carbocycles. The van der Waals surface area contributed by atoms with E-state index in [1.807, 2.05) is 24.3 Å². The molecule has 2 N–H and O–H groups in total. The number of rotatable bonds is 7. The fourth-order valence-electron chi connectivity index (χ4n) is 5.22. The van der Waals surface area contributed by atoms with E-state index in [4.69, 9.17) is 9.72 Å². The number of carbonyl (C=O) groups excluding carboxylic acids is 2. The monoisotopic (exact) mass is 588 g/mol. The standard InChI is InChI=1S/C31H27F3N6O3/c1-18-25(13-23(16-35-18)38-27(41)20-4-3-5-22(12-20)31(32,33)34)40-17-21-15-37-29(39-26(21)30(10-11-30)28(40)42)36-14-19-6-8-24(43-2)9-7-19/h3-9,12-13,15-16H,10-11,14,17H2,1-2H3,(H,38,41)(H,36,37,39). The summed E-state index contributed by atoms with van der Waals surface area (Å²) in [5.41, 5.74) is 2.01. The van der Waals surface area contributed by atoms with Crippen LogP contribution in [0.15, 0.2) is 67.0 Å². The second-order valence-corrected chi connectivity index (χ2v) is 10.6. The highest BCUT2D eigenvalue weighted by molar-refractivity contribution is 6.07. The van der Waals surface area contributed by atoms with Gasteiger partial charge in [-0.2, -0.15) is 13.2 Å². The van der Waals surface area contributed by atoms with E-state index in [0.717, 1.165) is 29.0 Å². The largest absolute Gasteiger partial charge is 0.497 e. The lowest BCUT2D eigenvalue weighted by atomic mass is 9.91. The van der Waals surface area contributed by atoms with Crippen molar-refractivity contribution in [1.29, 1.82) is 0 Å². The van der Waals surface area contributed by atoms with Crippen molar-refractivity contribution in [3.63, 3.8) is 0 Å². The Kier molecular flexibility index (Phi) is 6.99. The van der Waals surface area contributed by atoms with Gasteiger partial charge in [-0.05, 0) is 61.7 Å². The lowest BCUT2D eigenvalue weighted by Crippen LogP contribution is -2.45. The Morgan fingerprint density at radius 1 is 1.07 bits per heavy atom. The Morgan fingerprint density at radius 3 is 2.53 bits per heavy atom. The third-order valence-corrected chi connectivity index (χ3v) is 7.72. The van der Waals surface area contributed by atoms with Gasteiger partial charge in [0.05, 0.1) is 53.6 Å². The van der Waals surface area contributed by atoms with E-state index in [1.54, 1.807) is 31.2 Å². The summed E-state index contributed by atoms with van der Waals surface area (Å²) in [5, 5.41) is 5.84. The van der Waals surface area contributed by atoms with E-state index >= 15 is 0 Å². The fourth-order valence-corrected chi connectivity index (χ4v) is 5.22. The Labute approximate surface area is 245 Å². The van der Waals surface area contributed by atoms with Gasteiger partial charge in [0, 0.05) is 23.9 Å². The minimum atomic E-state index is -4.57. The number of aromatic nitrogens is 3. The van der Waals surface area contributed by atoms with Crippen molar-refractivity contribution >= 4 is 29.1 Å². The van der Waals surface area contributed by atoms with Crippen molar-refractivity contribution < 1.29 is 27.5 Å². The molecule has 2 aromatic heterocycles. The number of aryl methyl sites for hydroxylation is 1. The summed E-state index contributed by atoms with van der Waals surface area (Å²) >= 11 is 0. The molecule has 1 aliphatic carbocycles. The van der Waals surface area contributed by atoms with Crippen LogP contribution in [-0.2, 0) is 29.5 Å². The number of carbonyl (C=O) groups is 2. The van der Waals surface area contributed by atoms with Gasteiger partial charge in [0.1, 0.15) is 5.75 Å². The number of anilines is 3. The minimum absolute atomic E-state index is 0.119. The van der Waals surface area contributed by atoms with Crippen LogP contribution in [0.25, 0.3) is 0 Å². The number of ether oxygens (including phenoxy) is 1. The number of methoxy groups -OCH3 is 1. The molecule has 6 rings (SSSR count). The normalized spacial score (nSPS) is 15.2. The molecule has 3 heterocycles. The summed E-state index contributed by atoms with van der Waals surface area (Å²) in [6.07, 6.45) is -0.162. The van der Waals surface area contributed by atoms with Crippen molar-refractivity contribution in [2.45, 2.75) is 44.4 Å². The molecule has 2 amide bonds. The molecule has 1 fully saturated rings. The Morgan fingerprint density at radius 2 is 1.84 bits per heavy atom. The van der Waals surface area contributed by atoms with Crippen LogP contribution in [0.5, 0.6) is 5.75 Å². The van der Waals surface area contributed by atoms with Gasteiger partial charge in [-0.3, -0.25) is 14.6 Å². The average molecular weight is 589 g/mol. The molecular formula is C31H27F3N6O3. The number of pyridine rings is 1. The predicted octanol–water partition coefficient (Wildman–Crippen LogP) is 5.65. The summed E-state index contributed by atoms with van der Waals surface area (Å²) in [6.45, 7) is 2.46. The van der Waals surface area contributed by atoms with Crippen molar-refractivity contribution in [2.75, 3.05) is 22.6 Å². The molecule has 43 heavy (non-hydrogen) atoms. The van der Waals surface area contributed by atoms with E-state index in [-0.39, 0.29) is 23.7 Å². The third kappa shape index (κ3) is 5.47. The highest BCUT2D eigenvalue weighted by Crippen LogP contribution is 2.53. The maximum atomic E-state index is 13.9. The molecule has 12 heteroatoms. The highest BCUT2D eigenvalue weighted by atomic mass is 19.4. The van der Waals surface area contributed by atoms with E-state index in [0.29, 0.717) is 42.4 Å². The molecule has 4 aromatic rings. The van der Waals surface area contributed by atoms with Crippen molar-refractivity contribution in [1.82, 2.24) is 15.0 Å². The molecule has 0 radical (unpaired) electrons. The number of alkyl halides is 3. The zero-order chi connectivity index (χ0) is 30.4. The summed E-state index contributed by atoms with van der Waals surface area (Å²) in [4.78, 5) is 41.9.